The van der Waals surface area contributed by atoms with Gasteiger partial charge in [0.2, 0.25) is 5.88 Å². The number of fused-ring (bicyclic) bond motifs is 1. The molecule has 4 heterocycles. The van der Waals surface area contributed by atoms with E-state index in [0.717, 1.165) is 51.9 Å². The number of hydrogen-bond donors (Lipinski definition) is 1. The summed E-state index contributed by atoms with van der Waals surface area (Å²) in [7, 11) is 3.26. The summed E-state index contributed by atoms with van der Waals surface area (Å²) in [6, 6.07) is 7.99. The molecule has 4 aromatic heterocycles. The maximum absolute atomic E-state index is 5.29. The first kappa shape index (κ1) is 17.0. The third kappa shape index (κ3) is 3.74. The van der Waals surface area contributed by atoms with Gasteiger partial charge < -0.3 is 14.5 Å². The lowest BCUT2D eigenvalue weighted by Crippen LogP contribution is -1.96. The van der Waals surface area contributed by atoms with Crippen LogP contribution in [0.3, 0.4) is 0 Å². The molecule has 0 atom stereocenters. The van der Waals surface area contributed by atoms with Crippen molar-refractivity contribution in [3.05, 3.63) is 77.5 Å². The second-order valence-electron chi connectivity index (χ2n) is 6.26. The summed E-state index contributed by atoms with van der Waals surface area (Å²) in [4.78, 5) is 16.1. The molecule has 0 unspecified atom stereocenters. The van der Waals surface area contributed by atoms with E-state index in [0.29, 0.717) is 5.88 Å². The van der Waals surface area contributed by atoms with Crippen LogP contribution in [0.15, 0.2) is 49.1 Å². The van der Waals surface area contributed by atoms with Gasteiger partial charge in [0.25, 0.3) is 0 Å². The largest absolute Gasteiger partial charge is 0.495 e. The van der Waals surface area contributed by atoms with Gasteiger partial charge in [-0.1, -0.05) is 12.1 Å². The van der Waals surface area contributed by atoms with Gasteiger partial charge in [0.05, 0.1) is 26.6 Å². The number of aromatic nitrogens is 4. The molecule has 6 heteroatoms. The fourth-order valence-corrected chi connectivity index (χ4v) is 3.05. The smallest absolute Gasteiger partial charge is 0.212 e. The lowest BCUT2D eigenvalue weighted by molar-refractivity contribution is 0.397. The van der Waals surface area contributed by atoms with Crippen molar-refractivity contribution < 1.29 is 9.47 Å². The molecule has 0 aliphatic heterocycles. The Labute approximate surface area is 157 Å². The third-order valence-corrected chi connectivity index (χ3v) is 4.42. The van der Waals surface area contributed by atoms with Gasteiger partial charge in [-0.15, -0.1) is 0 Å². The van der Waals surface area contributed by atoms with Crippen molar-refractivity contribution in [2.24, 2.45) is 0 Å². The van der Waals surface area contributed by atoms with Gasteiger partial charge in [0.1, 0.15) is 11.4 Å². The summed E-state index contributed by atoms with van der Waals surface area (Å²) in [5.41, 5.74) is 5.24. The predicted octanol–water partition coefficient (Wildman–Crippen LogP) is 3.35. The number of rotatable bonds is 6. The van der Waals surface area contributed by atoms with E-state index in [4.69, 9.17) is 9.47 Å². The number of methoxy groups -OCH3 is 2. The summed E-state index contributed by atoms with van der Waals surface area (Å²) >= 11 is 0. The number of hydrogen-bond acceptors (Lipinski definition) is 5. The zero-order chi connectivity index (χ0) is 18.6. The van der Waals surface area contributed by atoms with Crippen molar-refractivity contribution >= 4 is 11.0 Å². The SMILES string of the molecule is COc1cnc2[nH]cc(Cc3cn[c]c(Cc4ccc(OC)nc4)c3)c2c1. The molecule has 27 heavy (non-hydrogen) atoms. The quantitative estimate of drug-likeness (QED) is 0.571. The molecule has 0 saturated carbocycles. The summed E-state index contributed by atoms with van der Waals surface area (Å²) in [6.45, 7) is 0. The van der Waals surface area contributed by atoms with Crippen LogP contribution in [-0.4, -0.2) is 34.2 Å². The third-order valence-electron chi connectivity index (χ3n) is 4.42. The van der Waals surface area contributed by atoms with Gasteiger partial charge in [-0.2, -0.15) is 0 Å². The summed E-state index contributed by atoms with van der Waals surface area (Å²) < 4.78 is 10.4. The molecule has 0 saturated heterocycles. The van der Waals surface area contributed by atoms with Crippen LogP contribution in [-0.2, 0) is 12.8 Å². The lowest BCUT2D eigenvalue weighted by atomic mass is 10.0. The Morgan fingerprint density at radius 2 is 1.89 bits per heavy atom. The molecule has 1 radical (unpaired) electrons. The van der Waals surface area contributed by atoms with Gasteiger partial charge in [-0.25, -0.2) is 9.97 Å². The van der Waals surface area contributed by atoms with E-state index >= 15 is 0 Å². The second kappa shape index (κ2) is 7.45. The number of ether oxygens (including phenoxy) is 2. The van der Waals surface area contributed by atoms with Gasteiger partial charge in [0.15, 0.2) is 0 Å². The van der Waals surface area contributed by atoms with Crippen LogP contribution in [0.2, 0.25) is 0 Å². The Morgan fingerprint density at radius 3 is 2.67 bits per heavy atom. The minimum Gasteiger partial charge on any atom is -0.495 e. The molecule has 0 bridgehead atoms. The normalized spacial score (nSPS) is 10.9. The van der Waals surface area contributed by atoms with Crippen molar-refractivity contribution in [2.75, 3.05) is 14.2 Å². The van der Waals surface area contributed by atoms with Crippen LogP contribution in [0, 0.1) is 6.20 Å². The highest BCUT2D eigenvalue weighted by atomic mass is 16.5. The van der Waals surface area contributed by atoms with E-state index in [2.05, 4.69) is 32.2 Å². The Kier molecular flexibility index (Phi) is 4.70. The predicted molar refractivity (Wildman–Crippen MR) is 102 cm³/mol. The van der Waals surface area contributed by atoms with Gasteiger partial charge >= 0.3 is 0 Å². The lowest BCUT2D eigenvalue weighted by Gasteiger charge is -2.06. The standard InChI is InChI=1S/C21H19N4O2/c1-26-18-8-19-17(12-24-21(19)25-13-18)7-16-6-15(9-22-10-16)5-14-3-4-20(27-2)23-11-14/h3-4,6,8,10-13H,5,7H2,1-2H3,(H,24,25). The Bertz CT molecular complexity index is 1060. The average molecular weight is 359 g/mol. The van der Waals surface area contributed by atoms with Crippen LogP contribution in [0.4, 0.5) is 0 Å². The van der Waals surface area contributed by atoms with E-state index in [-0.39, 0.29) is 0 Å². The van der Waals surface area contributed by atoms with E-state index in [1.54, 1.807) is 20.4 Å². The maximum Gasteiger partial charge on any atom is 0.212 e. The Balaban J connectivity index is 1.55. The van der Waals surface area contributed by atoms with Crippen LogP contribution in [0.25, 0.3) is 11.0 Å². The minimum absolute atomic E-state index is 0.609. The highest BCUT2D eigenvalue weighted by Crippen LogP contribution is 2.24. The Hall–Kier alpha value is -3.41. The van der Waals surface area contributed by atoms with E-state index in [1.165, 1.54) is 0 Å². The highest BCUT2D eigenvalue weighted by molar-refractivity contribution is 5.81. The highest BCUT2D eigenvalue weighted by Gasteiger charge is 2.08. The summed E-state index contributed by atoms with van der Waals surface area (Å²) in [5.74, 6) is 1.36. The topological polar surface area (TPSA) is 72.9 Å². The van der Waals surface area contributed by atoms with Gasteiger partial charge in [-0.3, -0.25) is 4.98 Å². The Morgan fingerprint density at radius 1 is 0.963 bits per heavy atom. The van der Waals surface area contributed by atoms with E-state index in [1.807, 2.05) is 36.8 Å². The molecule has 0 aliphatic carbocycles. The molecule has 1 N–H and O–H groups in total. The molecule has 4 aromatic rings. The first-order valence-corrected chi connectivity index (χ1v) is 8.59. The zero-order valence-corrected chi connectivity index (χ0v) is 15.2. The monoisotopic (exact) mass is 359 g/mol. The number of aromatic amines is 1. The molecule has 0 spiro atoms. The molecule has 0 aromatic carbocycles. The molecule has 6 nitrogen and oxygen atoms in total. The number of nitrogens with zero attached hydrogens (tertiary/aromatic N) is 3. The second-order valence-corrected chi connectivity index (χ2v) is 6.26. The minimum atomic E-state index is 0.609. The molecule has 4 rings (SSSR count). The molecular weight excluding hydrogens is 340 g/mol. The van der Waals surface area contributed by atoms with Crippen LogP contribution >= 0.6 is 0 Å². The number of pyridine rings is 3. The van der Waals surface area contributed by atoms with Crippen molar-refractivity contribution in [3.8, 4) is 11.6 Å². The van der Waals surface area contributed by atoms with Crippen LogP contribution in [0.5, 0.6) is 11.6 Å². The van der Waals surface area contributed by atoms with Crippen LogP contribution in [0.1, 0.15) is 22.3 Å². The fraction of sp³-hybridized carbons (Fsp3) is 0.190. The van der Waals surface area contributed by atoms with Crippen LogP contribution < -0.4 is 9.47 Å². The number of nitrogens with one attached hydrogen (secondary N) is 1. The summed E-state index contributed by atoms with van der Waals surface area (Å²) in [5, 5.41) is 1.06. The molecule has 0 aliphatic rings. The fourth-order valence-electron chi connectivity index (χ4n) is 3.05. The van der Waals surface area contributed by atoms with E-state index in [9.17, 15) is 0 Å². The van der Waals surface area contributed by atoms with Gasteiger partial charge in [-0.05, 0) is 28.3 Å². The molecular formula is C21H19N4O2. The zero-order valence-electron chi connectivity index (χ0n) is 15.2. The van der Waals surface area contributed by atoms with Crippen molar-refractivity contribution in [3.63, 3.8) is 0 Å². The van der Waals surface area contributed by atoms with Crippen molar-refractivity contribution in [1.29, 1.82) is 0 Å². The maximum atomic E-state index is 5.29. The van der Waals surface area contributed by atoms with Crippen molar-refractivity contribution in [1.82, 2.24) is 19.9 Å². The molecule has 0 amide bonds. The van der Waals surface area contributed by atoms with E-state index < -0.39 is 0 Å². The first-order valence-electron chi connectivity index (χ1n) is 8.59. The summed E-state index contributed by atoms with van der Waals surface area (Å²) in [6.07, 6.45) is 11.9. The van der Waals surface area contributed by atoms with Gasteiger partial charge in [0, 0.05) is 42.9 Å². The number of H-pyrrole nitrogens is 1. The molecule has 135 valence electrons. The first-order chi connectivity index (χ1) is 13.2. The average Bonchev–Trinajstić information content (AvgIpc) is 3.11. The molecule has 0 fully saturated rings. The van der Waals surface area contributed by atoms with Crippen molar-refractivity contribution in [2.45, 2.75) is 12.8 Å².